The van der Waals surface area contributed by atoms with Gasteiger partial charge in [0.25, 0.3) is 0 Å². The van der Waals surface area contributed by atoms with Gasteiger partial charge in [-0.05, 0) is 57.1 Å². The van der Waals surface area contributed by atoms with Crippen molar-refractivity contribution in [2.24, 2.45) is 0 Å². The minimum Gasteiger partial charge on any atom is -0.354 e. The van der Waals surface area contributed by atoms with Gasteiger partial charge in [0.15, 0.2) is 0 Å². The van der Waals surface area contributed by atoms with E-state index >= 15 is 0 Å². The van der Waals surface area contributed by atoms with Crippen LogP contribution in [0.25, 0.3) is 10.9 Å². The van der Waals surface area contributed by atoms with Crippen LogP contribution in [0.5, 0.6) is 0 Å². The molecule has 0 saturated carbocycles. The Labute approximate surface area is 178 Å². The molecule has 162 valence electrons. The van der Waals surface area contributed by atoms with Crippen LogP contribution in [0.15, 0.2) is 24.3 Å². The number of aryl methyl sites for hydroxylation is 1. The summed E-state index contributed by atoms with van der Waals surface area (Å²) in [5.41, 5.74) is 2.79. The summed E-state index contributed by atoms with van der Waals surface area (Å²) < 4.78 is 0. The maximum atomic E-state index is 12.3. The lowest BCUT2D eigenvalue weighted by atomic mass is 10.1. The molecule has 2 aromatic rings. The number of amides is 2. The first-order valence-corrected chi connectivity index (χ1v) is 10.8. The van der Waals surface area contributed by atoms with Crippen LogP contribution in [0, 0.1) is 6.92 Å². The topological polar surface area (TPSA) is 77.6 Å². The zero-order valence-corrected chi connectivity index (χ0v) is 18.5. The molecular weight excluding hydrogens is 378 g/mol. The van der Waals surface area contributed by atoms with E-state index in [4.69, 9.17) is 4.98 Å². The molecule has 7 nitrogen and oxygen atoms in total. The van der Waals surface area contributed by atoms with E-state index in [0.29, 0.717) is 0 Å². The van der Waals surface area contributed by atoms with Crippen LogP contribution in [0.1, 0.15) is 38.7 Å². The lowest BCUT2D eigenvalue weighted by Crippen LogP contribution is -2.44. The van der Waals surface area contributed by atoms with Crippen LogP contribution in [-0.2, 0) is 9.59 Å². The fraction of sp³-hybridized carbons (Fsp3) is 0.522. The fourth-order valence-corrected chi connectivity index (χ4v) is 3.55. The predicted molar refractivity (Wildman–Crippen MR) is 122 cm³/mol. The zero-order chi connectivity index (χ0) is 21.7. The fourth-order valence-electron chi connectivity index (χ4n) is 3.55. The van der Waals surface area contributed by atoms with Gasteiger partial charge in [0, 0.05) is 56.1 Å². The summed E-state index contributed by atoms with van der Waals surface area (Å²) in [4.78, 5) is 33.6. The largest absolute Gasteiger partial charge is 0.354 e. The SMILES string of the molecule is CCC(C)NC(=O)CCC(=O)Nc1ccc2nc(N3CCN(C)CC3)cc(C)c2c1. The Morgan fingerprint density at radius 2 is 1.80 bits per heavy atom. The molecule has 0 aliphatic carbocycles. The number of hydrogen-bond acceptors (Lipinski definition) is 5. The van der Waals surface area contributed by atoms with Crippen molar-refractivity contribution in [3.63, 3.8) is 0 Å². The van der Waals surface area contributed by atoms with Crippen molar-refractivity contribution in [2.75, 3.05) is 43.4 Å². The molecule has 2 amide bonds. The number of nitrogens with one attached hydrogen (secondary N) is 2. The first kappa shape index (κ1) is 22.0. The predicted octanol–water partition coefficient (Wildman–Crippen LogP) is 2.93. The second-order valence-electron chi connectivity index (χ2n) is 8.24. The Hall–Kier alpha value is -2.67. The quantitative estimate of drug-likeness (QED) is 0.733. The molecule has 1 unspecified atom stereocenters. The lowest BCUT2D eigenvalue weighted by molar-refractivity contribution is -0.124. The highest BCUT2D eigenvalue weighted by molar-refractivity contribution is 5.96. The van der Waals surface area contributed by atoms with Crippen molar-refractivity contribution in [3.05, 3.63) is 29.8 Å². The molecule has 1 aliphatic heterocycles. The van der Waals surface area contributed by atoms with Crippen molar-refractivity contribution in [3.8, 4) is 0 Å². The highest BCUT2D eigenvalue weighted by Crippen LogP contribution is 2.26. The number of aromatic nitrogens is 1. The molecule has 1 atom stereocenters. The number of rotatable bonds is 7. The molecule has 2 N–H and O–H groups in total. The first-order chi connectivity index (χ1) is 14.4. The molecule has 30 heavy (non-hydrogen) atoms. The van der Waals surface area contributed by atoms with Crippen LogP contribution in [0.3, 0.4) is 0 Å². The molecule has 7 heteroatoms. The van der Waals surface area contributed by atoms with Crippen LogP contribution < -0.4 is 15.5 Å². The molecule has 0 spiro atoms. The maximum Gasteiger partial charge on any atom is 0.224 e. The first-order valence-electron chi connectivity index (χ1n) is 10.8. The molecule has 0 bridgehead atoms. The zero-order valence-electron chi connectivity index (χ0n) is 18.5. The van der Waals surface area contributed by atoms with Gasteiger partial charge in [0.2, 0.25) is 11.8 Å². The number of pyridine rings is 1. The molecular formula is C23H33N5O2. The van der Waals surface area contributed by atoms with E-state index in [9.17, 15) is 9.59 Å². The van der Waals surface area contributed by atoms with E-state index in [1.54, 1.807) is 0 Å². The number of fused-ring (bicyclic) bond motifs is 1. The van der Waals surface area contributed by atoms with Gasteiger partial charge in [0.1, 0.15) is 5.82 Å². The van der Waals surface area contributed by atoms with Crippen molar-refractivity contribution >= 4 is 34.2 Å². The van der Waals surface area contributed by atoms with Crippen molar-refractivity contribution in [2.45, 2.75) is 46.1 Å². The Bertz CT molecular complexity index is 906. The van der Waals surface area contributed by atoms with Crippen LogP contribution >= 0.6 is 0 Å². The number of benzene rings is 1. The Morgan fingerprint density at radius 3 is 2.50 bits per heavy atom. The summed E-state index contributed by atoms with van der Waals surface area (Å²) >= 11 is 0. The molecule has 1 fully saturated rings. The Kier molecular flexibility index (Phi) is 7.26. The molecule has 3 rings (SSSR count). The second kappa shape index (κ2) is 9.89. The number of anilines is 2. The second-order valence-corrected chi connectivity index (χ2v) is 8.24. The highest BCUT2D eigenvalue weighted by atomic mass is 16.2. The number of nitrogens with zero attached hydrogens (tertiary/aromatic N) is 3. The Morgan fingerprint density at radius 1 is 1.10 bits per heavy atom. The minimum absolute atomic E-state index is 0.0884. The van der Waals surface area contributed by atoms with Gasteiger partial charge in [-0.3, -0.25) is 9.59 Å². The minimum atomic E-state index is -0.159. The lowest BCUT2D eigenvalue weighted by Gasteiger charge is -2.33. The number of hydrogen-bond donors (Lipinski definition) is 2. The van der Waals surface area contributed by atoms with Gasteiger partial charge in [-0.2, -0.15) is 0 Å². The highest BCUT2D eigenvalue weighted by Gasteiger charge is 2.17. The van der Waals surface area contributed by atoms with E-state index in [2.05, 4.69) is 40.5 Å². The summed E-state index contributed by atoms with van der Waals surface area (Å²) in [5, 5.41) is 6.81. The molecule has 1 aliphatic rings. The summed E-state index contributed by atoms with van der Waals surface area (Å²) in [5.74, 6) is 0.764. The average molecular weight is 412 g/mol. The third-order valence-electron chi connectivity index (χ3n) is 5.71. The number of piperazine rings is 1. The monoisotopic (exact) mass is 411 g/mol. The molecule has 2 heterocycles. The van der Waals surface area contributed by atoms with E-state index in [0.717, 1.165) is 60.6 Å². The molecule has 1 saturated heterocycles. The number of likely N-dealkylation sites (N-methyl/N-ethyl adjacent to an activating group) is 1. The third kappa shape index (κ3) is 5.69. The van der Waals surface area contributed by atoms with Gasteiger partial charge in [-0.15, -0.1) is 0 Å². The van der Waals surface area contributed by atoms with Crippen LogP contribution in [0.4, 0.5) is 11.5 Å². The normalized spacial score (nSPS) is 15.8. The van der Waals surface area contributed by atoms with Crippen molar-refractivity contribution < 1.29 is 9.59 Å². The van der Waals surface area contributed by atoms with E-state index in [-0.39, 0.29) is 30.7 Å². The third-order valence-corrected chi connectivity index (χ3v) is 5.71. The summed E-state index contributed by atoms with van der Waals surface area (Å²) in [6, 6.07) is 8.04. The van der Waals surface area contributed by atoms with Gasteiger partial charge in [-0.25, -0.2) is 4.98 Å². The van der Waals surface area contributed by atoms with Gasteiger partial charge >= 0.3 is 0 Å². The van der Waals surface area contributed by atoms with Crippen molar-refractivity contribution in [1.82, 2.24) is 15.2 Å². The van der Waals surface area contributed by atoms with Gasteiger partial charge in [-0.1, -0.05) is 6.92 Å². The number of carbonyl (C=O) groups excluding carboxylic acids is 2. The average Bonchev–Trinajstić information content (AvgIpc) is 2.73. The van der Waals surface area contributed by atoms with Gasteiger partial charge in [0.05, 0.1) is 5.52 Å². The van der Waals surface area contributed by atoms with Crippen molar-refractivity contribution in [1.29, 1.82) is 0 Å². The van der Waals surface area contributed by atoms with Gasteiger partial charge < -0.3 is 20.4 Å². The smallest absolute Gasteiger partial charge is 0.224 e. The Balaban J connectivity index is 1.64. The standard InChI is InChI=1S/C23H33N5O2/c1-5-17(3)24-22(29)8-9-23(30)25-18-6-7-20-19(15-18)16(2)14-21(26-20)28-12-10-27(4)11-13-28/h6-7,14-15,17H,5,8-13H2,1-4H3,(H,24,29)(H,25,30). The van der Waals surface area contributed by atoms with E-state index in [1.807, 2.05) is 32.0 Å². The molecule has 1 aromatic carbocycles. The van der Waals surface area contributed by atoms with Crippen LogP contribution in [0.2, 0.25) is 0 Å². The van der Waals surface area contributed by atoms with E-state index < -0.39 is 0 Å². The summed E-state index contributed by atoms with van der Waals surface area (Å²) in [7, 11) is 2.14. The van der Waals surface area contributed by atoms with E-state index in [1.165, 1.54) is 0 Å². The molecule has 1 aromatic heterocycles. The maximum absolute atomic E-state index is 12.3. The number of carbonyl (C=O) groups is 2. The summed E-state index contributed by atoms with van der Waals surface area (Å²) in [6.45, 7) is 10.1. The summed E-state index contributed by atoms with van der Waals surface area (Å²) in [6.07, 6.45) is 1.23. The van der Waals surface area contributed by atoms with Crippen LogP contribution in [-0.4, -0.2) is 61.0 Å². The molecule has 0 radical (unpaired) electrons.